The molecule has 2 aromatic rings. The first kappa shape index (κ1) is 14.9. The van der Waals surface area contributed by atoms with E-state index in [4.69, 9.17) is 22.6 Å². The first-order chi connectivity index (χ1) is 9.82. The van der Waals surface area contributed by atoms with Crippen molar-refractivity contribution in [1.82, 2.24) is 4.98 Å². The second-order valence-electron chi connectivity index (χ2n) is 4.05. The summed E-state index contributed by atoms with van der Waals surface area (Å²) in [6, 6.07) is 6.09. The normalized spacial score (nSPS) is 11.0. The highest BCUT2D eigenvalue weighted by Crippen LogP contribution is 2.35. The van der Waals surface area contributed by atoms with E-state index in [9.17, 15) is 13.2 Å². The summed E-state index contributed by atoms with van der Waals surface area (Å²) in [5.74, 6) is 0.0651. The summed E-state index contributed by atoms with van der Waals surface area (Å²) in [6.45, 7) is 0. The van der Waals surface area contributed by atoms with E-state index in [-0.39, 0.29) is 27.8 Å². The fourth-order valence-electron chi connectivity index (χ4n) is 1.60. The van der Waals surface area contributed by atoms with Crippen molar-refractivity contribution in [2.24, 2.45) is 0 Å². The number of nitrogen functional groups attached to an aromatic ring is 1. The molecule has 1 aromatic heterocycles. The van der Waals surface area contributed by atoms with Gasteiger partial charge in [-0.05, 0) is 24.3 Å². The van der Waals surface area contributed by atoms with E-state index in [1.165, 1.54) is 12.3 Å². The average molecular weight is 313 g/mol. The molecule has 0 fully saturated rings. The summed E-state index contributed by atoms with van der Waals surface area (Å²) in [5.41, 5.74) is 5.04. The number of hydrogen-bond donors (Lipinski definition) is 2. The van der Waals surface area contributed by atoms with E-state index in [2.05, 4.69) is 10.3 Å². The molecule has 0 unspecified atom stereocenters. The van der Waals surface area contributed by atoms with Crippen molar-refractivity contribution in [3.63, 3.8) is 0 Å². The maximum absolute atomic E-state index is 12.7. The number of benzene rings is 1. The van der Waals surface area contributed by atoms with Crippen molar-refractivity contribution in [1.29, 1.82) is 5.26 Å². The first-order valence-corrected chi connectivity index (χ1v) is 5.99. The zero-order valence-corrected chi connectivity index (χ0v) is 11.1. The van der Waals surface area contributed by atoms with Gasteiger partial charge < -0.3 is 11.1 Å². The second-order valence-corrected chi connectivity index (χ2v) is 4.46. The van der Waals surface area contributed by atoms with E-state index in [1.807, 2.05) is 6.07 Å². The van der Waals surface area contributed by atoms with Crippen LogP contribution < -0.4 is 11.1 Å². The number of hydrogen-bond acceptors (Lipinski definition) is 4. The van der Waals surface area contributed by atoms with Crippen LogP contribution in [-0.2, 0) is 6.18 Å². The average Bonchev–Trinajstić information content (AvgIpc) is 2.42. The van der Waals surface area contributed by atoms with Gasteiger partial charge >= 0.3 is 6.18 Å². The summed E-state index contributed by atoms with van der Waals surface area (Å²) < 4.78 is 38.0. The van der Waals surface area contributed by atoms with Crippen molar-refractivity contribution in [2.45, 2.75) is 6.18 Å². The van der Waals surface area contributed by atoms with Crippen LogP contribution in [0.2, 0.25) is 5.02 Å². The molecule has 21 heavy (non-hydrogen) atoms. The third-order valence-corrected chi connectivity index (χ3v) is 2.99. The first-order valence-electron chi connectivity index (χ1n) is 5.61. The minimum atomic E-state index is -4.49. The number of nitrogens with one attached hydrogen (secondary N) is 1. The second kappa shape index (κ2) is 5.50. The van der Waals surface area contributed by atoms with Gasteiger partial charge in [-0.2, -0.15) is 18.4 Å². The Balaban J connectivity index is 2.43. The minimum absolute atomic E-state index is 0.000724. The summed E-state index contributed by atoms with van der Waals surface area (Å²) >= 11 is 5.86. The van der Waals surface area contributed by atoms with Crippen molar-refractivity contribution in [2.75, 3.05) is 11.1 Å². The predicted molar refractivity (Wildman–Crippen MR) is 73.1 cm³/mol. The van der Waals surface area contributed by atoms with Crippen molar-refractivity contribution < 1.29 is 13.2 Å². The highest BCUT2D eigenvalue weighted by Gasteiger charge is 2.31. The highest BCUT2D eigenvalue weighted by atomic mass is 35.5. The maximum Gasteiger partial charge on any atom is 0.416 e. The van der Waals surface area contributed by atoms with Crippen LogP contribution in [0.5, 0.6) is 0 Å². The zero-order valence-electron chi connectivity index (χ0n) is 10.4. The molecule has 0 radical (unpaired) electrons. The Kier molecular flexibility index (Phi) is 3.91. The van der Waals surface area contributed by atoms with Gasteiger partial charge in [0.1, 0.15) is 6.07 Å². The van der Waals surface area contributed by atoms with Crippen LogP contribution in [0.4, 0.5) is 30.4 Å². The Hall–Kier alpha value is -2.46. The molecule has 3 N–H and O–H groups in total. The van der Waals surface area contributed by atoms with E-state index in [1.54, 1.807) is 0 Å². The summed E-state index contributed by atoms with van der Waals surface area (Å²) in [6.07, 6.45) is -3.17. The summed E-state index contributed by atoms with van der Waals surface area (Å²) in [4.78, 5) is 3.89. The number of rotatable bonds is 2. The van der Waals surface area contributed by atoms with E-state index in [0.717, 1.165) is 18.2 Å². The molecule has 108 valence electrons. The molecule has 0 saturated heterocycles. The molecule has 8 heteroatoms. The van der Waals surface area contributed by atoms with Crippen LogP contribution in [0.3, 0.4) is 0 Å². The molecule has 0 amide bonds. The monoisotopic (exact) mass is 312 g/mol. The molecule has 0 bridgehead atoms. The number of nitrogens with two attached hydrogens (primary N) is 1. The van der Waals surface area contributed by atoms with Gasteiger partial charge in [0, 0.05) is 6.20 Å². The van der Waals surface area contributed by atoms with Gasteiger partial charge in [0.05, 0.1) is 27.5 Å². The molecule has 2 rings (SSSR count). The third-order valence-electron chi connectivity index (χ3n) is 2.66. The smallest absolute Gasteiger partial charge is 0.395 e. The lowest BCUT2D eigenvalue weighted by Gasteiger charge is -2.13. The molecule has 0 aliphatic rings. The van der Waals surface area contributed by atoms with Crippen molar-refractivity contribution in [3.05, 3.63) is 46.6 Å². The van der Waals surface area contributed by atoms with Crippen LogP contribution in [-0.4, -0.2) is 4.98 Å². The van der Waals surface area contributed by atoms with Crippen molar-refractivity contribution >= 4 is 28.8 Å². The van der Waals surface area contributed by atoms with Gasteiger partial charge in [0.2, 0.25) is 0 Å². The largest absolute Gasteiger partial charge is 0.416 e. The van der Waals surface area contributed by atoms with E-state index < -0.39 is 11.7 Å². The fourth-order valence-corrected chi connectivity index (χ4v) is 1.76. The van der Waals surface area contributed by atoms with Crippen LogP contribution in [0.15, 0.2) is 30.5 Å². The van der Waals surface area contributed by atoms with E-state index >= 15 is 0 Å². The number of halogens is 4. The number of alkyl halides is 3. The Bertz CT molecular complexity index is 722. The lowest BCUT2D eigenvalue weighted by Crippen LogP contribution is -2.06. The Labute approximate surface area is 123 Å². The molecule has 0 saturated carbocycles. The lowest BCUT2D eigenvalue weighted by atomic mass is 10.2. The van der Waals surface area contributed by atoms with Crippen molar-refractivity contribution in [3.8, 4) is 6.07 Å². The molecule has 1 aromatic carbocycles. The summed E-state index contributed by atoms with van der Waals surface area (Å²) in [5, 5.41) is 11.5. The quantitative estimate of drug-likeness (QED) is 0.880. The van der Waals surface area contributed by atoms with Crippen LogP contribution in [0.25, 0.3) is 0 Å². The highest BCUT2D eigenvalue weighted by molar-refractivity contribution is 6.33. The Morgan fingerprint density at radius 3 is 2.62 bits per heavy atom. The van der Waals surface area contributed by atoms with Gasteiger partial charge in [-0.25, -0.2) is 4.98 Å². The maximum atomic E-state index is 12.7. The molecule has 1 heterocycles. The third kappa shape index (κ3) is 3.17. The zero-order chi connectivity index (χ0) is 15.6. The van der Waals surface area contributed by atoms with Crippen LogP contribution in [0, 0.1) is 11.3 Å². The standard InChI is InChI=1S/C13H8ClF3N4/c14-9-2-1-8(13(15,16)17)5-10(9)21-12-11(19)7(6-18)3-4-20-12/h1-5H,19H2,(H,20,21). The van der Waals surface area contributed by atoms with Gasteiger partial charge in [-0.1, -0.05) is 11.6 Å². The van der Waals surface area contributed by atoms with Gasteiger partial charge in [-0.15, -0.1) is 0 Å². The molecular formula is C13H8ClF3N4. The number of aromatic nitrogens is 1. The predicted octanol–water partition coefficient (Wildman–Crippen LogP) is 3.95. The number of nitriles is 1. The van der Waals surface area contributed by atoms with Gasteiger partial charge in [0.25, 0.3) is 0 Å². The Morgan fingerprint density at radius 2 is 2.00 bits per heavy atom. The molecule has 0 atom stereocenters. The molecule has 0 spiro atoms. The summed E-state index contributed by atoms with van der Waals surface area (Å²) in [7, 11) is 0. The van der Waals surface area contributed by atoms with Crippen LogP contribution in [0.1, 0.15) is 11.1 Å². The number of pyridine rings is 1. The molecule has 4 nitrogen and oxygen atoms in total. The SMILES string of the molecule is N#Cc1ccnc(Nc2cc(C(F)(F)F)ccc2Cl)c1N. The Morgan fingerprint density at radius 1 is 1.29 bits per heavy atom. The fraction of sp³-hybridized carbons (Fsp3) is 0.0769. The van der Waals surface area contributed by atoms with Gasteiger partial charge in [-0.3, -0.25) is 0 Å². The molecule has 0 aliphatic carbocycles. The topological polar surface area (TPSA) is 74.7 Å². The van der Waals surface area contributed by atoms with E-state index in [0.29, 0.717) is 0 Å². The molecule has 0 aliphatic heterocycles. The number of nitrogens with zero attached hydrogens (tertiary/aromatic N) is 2. The van der Waals surface area contributed by atoms with Gasteiger partial charge in [0.15, 0.2) is 5.82 Å². The lowest BCUT2D eigenvalue weighted by molar-refractivity contribution is -0.137. The van der Waals surface area contributed by atoms with Crippen LogP contribution >= 0.6 is 11.6 Å². The minimum Gasteiger partial charge on any atom is -0.395 e. The number of anilines is 3. The molecular weight excluding hydrogens is 305 g/mol.